The van der Waals surface area contributed by atoms with Gasteiger partial charge in [-0.25, -0.2) is 8.42 Å². The van der Waals surface area contributed by atoms with Crippen LogP contribution in [0.3, 0.4) is 0 Å². The lowest BCUT2D eigenvalue weighted by Crippen LogP contribution is -2.43. The Morgan fingerprint density at radius 1 is 1.11 bits per heavy atom. The first-order chi connectivity index (χ1) is 12.9. The molecule has 7 heteroatoms. The van der Waals surface area contributed by atoms with Crippen LogP contribution >= 0.6 is 12.2 Å². The molecule has 0 bridgehead atoms. The molecule has 2 fully saturated rings. The smallest absolute Gasteiger partial charge is 0.243 e. The molecular weight excluding hydrogens is 378 g/mol. The van der Waals surface area contributed by atoms with Crippen molar-refractivity contribution in [3.63, 3.8) is 0 Å². The first-order valence-electron chi connectivity index (χ1n) is 10.1. The van der Waals surface area contributed by atoms with Gasteiger partial charge in [-0.05, 0) is 68.4 Å². The molecule has 1 saturated heterocycles. The first kappa shape index (κ1) is 20.6. The van der Waals surface area contributed by atoms with Crippen LogP contribution in [-0.4, -0.2) is 37.0 Å². The SMILES string of the molecule is Cc1ccc(S(=O)(=O)N2CCCCC2)cc1NC(=S)NC1CCCCC1C. The van der Waals surface area contributed by atoms with Crippen molar-refractivity contribution in [2.24, 2.45) is 5.92 Å². The summed E-state index contributed by atoms with van der Waals surface area (Å²) in [6, 6.07) is 5.66. The quantitative estimate of drug-likeness (QED) is 0.735. The van der Waals surface area contributed by atoms with E-state index in [1.807, 2.05) is 13.0 Å². The highest BCUT2D eigenvalue weighted by molar-refractivity contribution is 7.89. The highest BCUT2D eigenvalue weighted by Crippen LogP contribution is 2.26. The molecule has 1 saturated carbocycles. The van der Waals surface area contributed by atoms with Crippen molar-refractivity contribution >= 4 is 33.0 Å². The van der Waals surface area contributed by atoms with Crippen molar-refractivity contribution in [2.75, 3.05) is 18.4 Å². The van der Waals surface area contributed by atoms with E-state index >= 15 is 0 Å². The molecule has 1 aromatic carbocycles. The Kier molecular flexibility index (Phi) is 6.76. The van der Waals surface area contributed by atoms with Gasteiger partial charge in [0.1, 0.15) is 0 Å². The molecule has 2 aliphatic rings. The van der Waals surface area contributed by atoms with Crippen molar-refractivity contribution in [1.82, 2.24) is 9.62 Å². The van der Waals surface area contributed by atoms with Gasteiger partial charge in [-0.15, -0.1) is 0 Å². The first-order valence-corrected chi connectivity index (χ1v) is 11.9. The molecule has 2 unspecified atom stereocenters. The predicted octanol–water partition coefficient (Wildman–Crippen LogP) is 4.03. The minimum Gasteiger partial charge on any atom is -0.359 e. The van der Waals surface area contributed by atoms with Crippen molar-refractivity contribution in [3.05, 3.63) is 23.8 Å². The van der Waals surface area contributed by atoms with E-state index in [0.717, 1.165) is 36.9 Å². The maximum Gasteiger partial charge on any atom is 0.243 e. The summed E-state index contributed by atoms with van der Waals surface area (Å²) < 4.78 is 27.5. The zero-order valence-corrected chi connectivity index (χ0v) is 18.0. The fraction of sp³-hybridized carbons (Fsp3) is 0.650. The number of hydrogen-bond acceptors (Lipinski definition) is 3. The zero-order valence-electron chi connectivity index (χ0n) is 16.3. The monoisotopic (exact) mass is 409 g/mol. The van der Waals surface area contributed by atoms with Crippen LogP contribution in [0.5, 0.6) is 0 Å². The molecule has 5 nitrogen and oxygen atoms in total. The molecule has 0 aromatic heterocycles. The third kappa shape index (κ3) is 5.00. The normalized spacial score (nSPS) is 24.4. The summed E-state index contributed by atoms with van der Waals surface area (Å²) in [5, 5.41) is 7.23. The molecule has 1 aromatic rings. The lowest BCUT2D eigenvalue weighted by atomic mass is 9.86. The van der Waals surface area contributed by atoms with E-state index in [0.29, 0.717) is 35.1 Å². The number of piperidine rings is 1. The Morgan fingerprint density at radius 2 is 1.81 bits per heavy atom. The third-order valence-corrected chi connectivity index (χ3v) is 7.95. The van der Waals surface area contributed by atoms with Crippen LogP contribution in [-0.2, 0) is 10.0 Å². The number of anilines is 1. The maximum absolute atomic E-state index is 12.9. The van der Waals surface area contributed by atoms with Gasteiger partial charge in [0.2, 0.25) is 10.0 Å². The van der Waals surface area contributed by atoms with Gasteiger partial charge in [0.15, 0.2) is 5.11 Å². The molecule has 0 amide bonds. The minimum atomic E-state index is -3.44. The number of benzene rings is 1. The van der Waals surface area contributed by atoms with Gasteiger partial charge in [-0.3, -0.25) is 0 Å². The van der Waals surface area contributed by atoms with E-state index in [9.17, 15) is 8.42 Å². The van der Waals surface area contributed by atoms with Crippen LogP contribution < -0.4 is 10.6 Å². The van der Waals surface area contributed by atoms with Gasteiger partial charge in [-0.2, -0.15) is 4.31 Å². The molecule has 3 rings (SSSR count). The fourth-order valence-corrected chi connectivity index (χ4v) is 5.81. The number of aryl methyl sites for hydroxylation is 1. The molecule has 0 spiro atoms. The van der Waals surface area contributed by atoms with Gasteiger partial charge >= 0.3 is 0 Å². The van der Waals surface area contributed by atoms with E-state index < -0.39 is 10.0 Å². The van der Waals surface area contributed by atoms with Crippen LogP contribution in [0.2, 0.25) is 0 Å². The van der Waals surface area contributed by atoms with E-state index in [1.54, 1.807) is 16.4 Å². The van der Waals surface area contributed by atoms with Crippen LogP contribution in [0.1, 0.15) is 57.4 Å². The van der Waals surface area contributed by atoms with Crippen LogP contribution in [0.4, 0.5) is 5.69 Å². The molecule has 2 atom stereocenters. The Morgan fingerprint density at radius 3 is 2.52 bits per heavy atom. The van der Waals surface area contributed by atoms with Crippen LogP contribution in [0.25, 0.3) is 0 Å². The number of nitrogens with zero attached hydrogens (tertiary/aromatic N) is 1. The molecule has 150 valence electrons. The van der Waals surface area contributed by atoms with Crippen LogP contribution in [0, 0.1) is 12.8 Å². The highest BCUT2D eigenvalue weighted by Gasteiger charge is 2.27. The summed E-state index contributed by atoms with van der Waals surface area (Å²) in [7, 11) is -3.44. The topological polar surface area (TPSA) is 61.4 Å². The van der Waals surface area contributed by atoms with Crippen LogP contribution in [0.15, 0.2) is 23.1 Å². The van der Waals surface area contributed by atoms with E-state index in [-0.39, 0.29) is 0 Å². The van der Waals surface area contributed by atoms with Crippen molar-refractivity contribution in [2.45, 2.75) is 69.7 Å². The van der Waals surface area contributed by atoms with Gasteiger partial charge < -0.3 is 10.6 Å². The van der Waals surface area contributed by atoms with E-state index in [2.05, 4.69) is 17.6 Å². The number of nitrogens with one attached hydrogen (secondary N) is 2. The Labute approximate surface area is 169 Å². The molecule has 1 aliphatic carbocycles. The zero-order chi connectivity index (χ0) is 19.4. The molecule has 0 radical (unpaired) electrons. The van der Waals surface area contributed by atoms with Crippen molar-refractivity contribution in [3.8, 4) is 0 Å². The molecule has 2 N–H and O–H groups in total. The Bertz CT molecular complexity index is 773. The lowest BCUT2D eigenvalue weighted by Gasteiger charge is -2.30. The van der Waals surface area contributed by atoms with E-state index in [1.165, 1.54) is 19.3 Å². The average Bonchev–Trinajstić information content (AvgIpc) is 2.66. The largest absolute Gasteiger partial charge is 0.359 e. The summed E-state index contributed by atoms with van der Waals surface area (Å²) in [5.41, 5.74) is 1.74. The number of rotatable bonds is 4. The second-order valence-electron chi connectivity index (χ2n) is 7.91. The fourth-order valence-electron chi connectivity index (χ4n) is 4.01. The number of hydrogen-bond donors (Lipinski definition) is 2. The summed E-state index contributed by atoms with van der Waals surface area (Å²) in [6.45, 7) is 5.44. The van der Waals surface area contributed by atoms with Gasteiger partial charge in [0.05, 0.1) is 4.90 Å². The predicted molar refractivity (Wildman–Crippen MR) is 115 cm³/mol. The minimum absolute atomic E-state index is 0.339. The Hall–Kier alpha value is -1.18. The van der Waals surface area contributed by atoms with Crippen molar-refractivity contribution < 1.29 is 8.42 Å². The van der Waals surface area contributed by atoms with Gasteiger partial charge in [-0.1, -0.05) is 32.3 Å². The van der Waals surface area contributed by atoms with Crippen molar-refractivity contribution in [1.29, 1.82) is 0 Å². The summed E-state index contributed by atoms with van der Waals surface area (Å²) in [6.07, 6.45) is 7.84. The lowest BCUT2D eigenvalue weighted by molar-refractivity contribution is 0.309. The molecular formula is C20H31N3O2S2. The Balaban J connectivity index is 1.72. The van der Waals surface area contributed by atoms with E-state index in [4.69, 9.17) is 12.2 Å². The summed E-state index contributed by atoms with van der Waals surface area (Å²) in [5.74, 6) is 0.602. The maximum atomic E-state index is 12.9. The third-order valence-electron chi connectivity index (χ3n) is 5.84. The number of thiocarbonyl (C=S) groups is 1. The summed E-state index contributed by atoms with van der Waals surface area (Å²) >= 11 is 5.51. The molecule has 27 heavy (non-hydrogen) atoms. The highest BCUT2D eigenvalue weighted by atomic mass is 32.2. The second kappa shape index (κ2) is 8.88. The average molecular weight is 410 g/mol. The number of sulfonamides is 1. The summed E-state index contributed by atoms with van der Waals surface area (Å²) in [4.78, 5) is 0.339. The van der Waals surface area contributed by atoms with Gasteiger partial charge in [0, 0.05) is 24.8 Å². The molecule has 1 heterocycles. The molecule has 1 aliphatic heterocycles. The standard InChI is InChI=1S/C20H31N3O2S2/c1-15-8-4-5-9-18(15)21-20(26)22-19-14-17(11-10-16(19)2)27(24,25)23-12-6-3-7-13-23/h10-11,14-15,18H,3-9,12-13H2,1-2H3,(H2,21,22,26). The second-order valence-corrected chi connectivity index (χ2v) is 10.3. The van der Waals surface area contributed by atoms with Gasteiger partial charge in [0.25, 0.3) is 0 Å².